The SMILES string of the molecule is C=C(N)C(=O)OC1CC2CC1CC2(OC(C)C(O)(C(F)(F)F)C(F)(F)F)C(C)C. The van der Waals surface area contributed by atoms with Gasteiger partial charge >= 0.3 is 18.3 Å². The Morgan fingerprint density at radius 2 is 1.66 bits per heavy atom. The second-order valence-corrected chi connectivity index (χ2v) is 8.23. The highest BCUT2D eigenvalue weighted by molar-refractivity contribution is 5.86. The van der Waals surface area contributed by atoms with Crippen molar-refractivity contribution in [3.63, 3.8) is 0 Å². The smallest absolute Gasteiger partial charge is 0.428 e. The summed E-state index contributed by atoms with van der Waals surface area (Å²) in [7, 11) is 0. The first kappa shape index (κ1) is 23.8. The first-order valence-corrected chi connectivity index (χ1v) is 9.16. The van der Waals surface area contributed by atoms with Gasteiger partial charge in [0.15, 0.2) is 0 Å². The van der Waals surface area contributed by atoms with E-state index in [2.05, 4.69) is 6.58 Å². The third-order valence-corrected chi connectivity index (χ3v) is 6.25. The van der Waals surface area contributed by atoms with E-state index in [1.54, 1.807) is 13.8 Å². The van der Waals surface area contributed by atoms with E-state index < -0.39 is 53.6 Å². The van der Waals surface area contributed by atoms with Gasteiger partial charge in [0, 0.05) is 0 Å². The van der Waals surface area contributed by atoms with Gasteiger partial charge in [-0.3, -0.25) is 0 Å². The van der Waals surface area contributed by atoms with Crippen LogP contribution in [0.5, 0.6) is 0 Å². The van der Waals surface area contributed by atoms with E-state index in [0.29, 0.717) is 13.3 Å². The number of fused-ring (bicyclic) bond motifs is 2. The molecule has 2 aliphatic carbocycles. The lowest BCUT2D eigenvalue weighted by atomic mass is 9.74. The Hall–Kier alpha value is -1.49. The van der Waals surface area contributed by atoms with Gasteiger partial charge in [0.25, 0.3) is 5.60 Å². The van der Waals surface area contributed by atoms with Crippen LogP contribution in [0, 0.1) is 17.8 Å². The van der Waals surface area contributed by atoms with Gasteiger partial charge < -0.3 is 20.3 Å². The summed E-state index contributed by atoms with van der Waals surface area (Å²) >= 11 is 0. The molecule has 0 aromatic heterocycles. The summed E-state index contributed by atoms with van der Waals surface area (Å²) in [6.45, 7) is 7.11. The Morgan fingerprint density at radius 1 is 1.14 bits per heavy atom. The van der Waals surface area contributed by atoms with Gasteiger partial charge in [0.1, 0.15) is 17.9 Å². The number of hydrogen-bond acceptors (Lipinski definition) is 5. The fourth-order valence-electron chi connectivity index (χ4n) is 4.66. The molecule has 11 heteroatoms. The summed E-state index contributed by atoms with van der Waals surface area (Å²) in [6, 6.07) is 0. The largest absolute Gasteiger partial charge is 0.457 e. The number of carbonyl (C=O) groups is 1. The molecule has 2 saturated carbocycles. The zero-order valence-corrected chi connectivity index (χ0v) is 16.2. The molecule has 0 aliphatic heterocycles. The molecule has 5 unspecified atom stereocenters. The van der Waals surface area contributed by atoms with Crippen molar-refractivity contribution in [2.24, 2.45) is 23.5 Å². The minimum absolute atomic E-state index is 0.0977. The van der Waals surface area contributed by atoms with Crippen molar-refractivity contribution in [3.8, 4) is 0 Å². The third-order valence-electron chi connectivity index (χ3n) is 6.25. The standard InChI is InChI=1S/C18H25F6NO4/c1-8(2)15(29-10(4)16(27,17(19,20)21)18(22,23)24)7-11-5-12(15)6-13(11)28-14(26)9(3)25/h8,10-13,27H,3,5-7,25H2,1-2,4H3. The molecule has 0 aromatic rings. The van der Waals surface area contributed by atoms with Crippen molar-refractivity contribution in [1.82, 2.24) is 0 Å². The molecule has 0 heterocycles. The fraction of sp³-hybridized carbons (Fsp3) is 0.833. The Labute approximate surface area is 164 Å². The van der Waals surface area contributed by atoms with Gasteiger partial charge in [-0.1, -0.05) is 20.4 Å². The lowest BCUT2D eigenvalue weighted by Crippen LogP contribution is -2.66. The van der Waals surface area contributed by atoms with Crippen LogP contribution < -0.4 is 5.73 Å². The number of rotatable bonds is 6. The van der Waals surface area contributed by atoms with Crippen LogP contribution in [0.4, 0.5) is 26.3 Å². The average molecular weight is 433 g/mol. The number of carbonyl (C=O) groups excluding carboxylic acids is 1. The van der Waals surface area contributed by atoms with E-state index >= 15 is 0 Å². The zero-order chi connectivity index (χ0) is 22.6. The molecule has 0 spiro atoms. The summed E-state index contributed by atoms with van der Waals surface area (Å²) in [5.41, 5.74) is -1.35. The molecule has 0 saturated heterocycles. The van der Waals surface area contributed by atoms with Crippen molar-refractivity contribution >= 4 is 5.97 Å². The minimum atomic E-state index is -5.97. The zero-order valence-electron chi connectivity index (χ0n) is 16.2. The maximum Gasteiger partial charge on any atom is 0.428 e. The molecule has 2 fully saturated rings. The molecular formula is C18H25F6NO4. The number of hydrogen-bond donors (Lipinski definition) is 2. The van der Waals surface area contributed by atoms with E-state index in [-0.39, 0.29) is 24.5 Å². The van der Waals surface area contributed by atoms with Crippen LogP contribution in [0.25, 0.3) is 0 Å². The van der Waals surface area contributed by atoms with E-state index in [4.69, 9.17) is 15.2 Å². The Morgan fingerprint density at radius 3 is 2.00 bits per heavy atom. The monoisotopic (exact) mass is 433 g/mol. The van der Waals surface area contributed by atoms with Crippen LogP contribution in [-0.4, -0.2) is 46.8 Å². The van der Waals surface area contributed by atoms with Gasteiger partial charge in [-0.05, 0) is 43.9 Å². The molecule has 168 valence electrons. The molecule has 5 atom stereocenters. The van der Waals surface area contributed by atoms with E-state index in [1.807, 2.05) is 0 Å². The van der Waals surface area contributed by atoms with Crippen molar-refractivity contribution in [2.45, 2.75) is 75.8 Å². The lowest BCUT2D eigenvalue weighted by molar-refractivity contribution is -0.402. The van der Waals surface area contributed by atoms with Crippen molar-refractivity contribution in [2.75, 3.05) is 0 Å². The minimum Gasteiger partial charge on any atom is -0.457 e. The van der Waals surface area contributed by atoms with Crippen LogP contribution >= 0.6 is 0 Å². The van der Waals surface area contributed by atoms with E-state index in [1.165, 1.54) is 0 Å². The first-order valence-electron chi connectivity index (χ1n) is 9.16. The Bertz CT molecular complexity index is 648. The second-order valence-electron chi connectivity index (χ2n) is 8.23. The molecule has 5 nitrogen and oxygen atoms in total. The van der Waals surface area contributed by atoms with E-state index in [9.17, 15) is 36.2 Å². The Balaban J connectivity index is 2.26. The summed E-state index contributed by atoms with van der Waals surface area (Å²) in [4.78, 5) is 11.6. The van der Waals surface area contributed by atoms with Gasteiger partial charge in [0.05, 0.1) is 5.60 Å². The highest BCUT2D eigenvalue weighted by Crippen LogP contribution is 2.58. The van der Waals surface area contributed by atoms with Crippen LogP contribution in [0.3, 0.4) is 0 Å². The van der Waals surface area contributed by atoms with Gasteiger partial charge in [-0.15, -0.1) is 0 Å². The molecule has 0 aromatic carbocycles. The number of aliphatic hydroxyl groups is 1. The normalized spacial score (nSPS) is 31.2. The van der Waals surface area contributed by atoms with Crippen LogP contribution in [0.2, 0.25) is 0 Å². The summed E-state index contributed by atoms with van der Waals surface area (Å²) < 4.78 is 89.8. The molecule has 29 heavy (non-hydrogen) atoms. The maximum absolute atomic E-state index is 13.2. The van der Waals surface area contributed by atoms with Gasteiger partial charge in [-0.2, -0.15) is 26.3 Å². The Kier molecular flexibility index (Phi) is 6.01. The van der Waals surface area contributed by atoms with Gasteiger partial charge in [0.2, 0.25) is 0 Å². The summed E-state index contributed by atoms with van der Waals surface area (Å²) in [5, 5.41) is 9.64. The van der Waals surface area contributed by atoms with Crippen LogP contribution in [0.15, 0.2) is 12.3 Å². The predicted molar refractivity (Wildman–Crippen MR) is 89.2 cm³/mol. The van der Waals surface area contributed by atoms with Crippen LogP contribution in [-0.2, 0) is 14.3 Å². The van der Waals surface area contributed by atoms with Crippen molar-refractivity contribution in [3.05, 3.63) is 12.3 Å². The summed E-state index contributed by atoms with van der Waals surface area (Å²) in [6.07, 6.45) is -14.4. The predicted octanol–water partition coefficient (Wildman–Crippen LogP) is 3.46. The molecule has 0 radical (unpaired) electrons. The highest BCUT2D eigenvalue weighted by Gasteiger charge is 2.75. The lowest BCUT2D eigenvalue weighted by Gasteiger charge is -2.47. The van der Waals surface area contributed by atoms with Crippen molar-refractivity contribution < 1.29 is 45.7 Å². The topological polar surface area (TPSA) is 81.8 Å². The molecule has 2 aliphatic rings. The van der Waals surface area contributed by atoms with Crippen molar-refractivity contribution in [1.29, 1.82) is 0 Å². The quantitative estimate of drug-likeness (QED) is 0.381. The second kappa shape index (κ2) is 7.33. The molecule has 0 amide bonds. The van der Waals surface area contributed by atoms with Crippen LogP contribution in [0.1, 0.15) is 40.0 Å². The molecule has 3 N–H and O–H groups in total. The molecular weight excluding hydrogens is 408 g/mol. The number of halogens is 6. The molecule has 2 rings (SSSR count). The number of alkyl halides is 6. The fourth-order valence-corrected chi connectivity index (χ4v) is 4.66. The highest BCUT2D eigenvalue weighted by atomic mass is 19.4. The number of ether oxygens (including phenoxy) is 2. The van der Waals surface area contributed by atoms with Gasteiger partial charge in [-0.25, -0.2) is 4.79 Å². The number of nitrogens with two attached hydrogens (primary N) is 1. The molecule has 2 bridgehead atoms. The average Bonchev–Trinajstić information content (AvgIpc) is 3.09. The van der Waals surface area contributed by atoms with E-state index in [0.717, 1.165) is 0 Å². The summed E-state index contributed by atoms with van der Waals surface area (Å²) in [5.74, 6) is -1.99. The number of esters is 1. The third kappa shape index (κ3) is 3.83. The first-order chi connectivity index (χ1) is 13.0. The maximum atomic E-state index is 13.2.